The maximum absolute atomic E-state index is 6.12. The van der Waals surface area contributed by atoms with E-state index in [9.17, 15) is 0 Å². The Morgan fingerprint density at radius 3 is 2.79 bits per heavy atom. The molecule has 0 spiro atoms. The first-order chi connectivity index (χ1) is 9.06. The van der Waals surface area contributed by atoms with Crippen LogP contribution in [0.1, 0.15) is 26.7 Å². The van der Waals surface area contributed by atoms with Gasteiger partial charge in [-0.3, -0.25) is 0 Å². The van der Waals surface area contributed by atoms with Crippen molar-refractivity contribution >= 4 is 28.9 Å². The van der Waals surface area contributed by atoms with E-state index in [4.69, 9.17) is 23.2 Å². The fourth-order valence-corrected chi connectivity index (χ4v) is 2.93. The lowest BCUT2D eigenvalue weighted by atomic mass is 10.0. The minimum absolute atomic E-state index is 0.553. The molecule has 2 nitrogen and oxygen atoms in total. The topological polar surface area (TPSA) is 15.3 Å². The van der Waals surface area contributed by atoms with Gasteiger partial charge in [0.2, 0.25) is 0 Å². The van der Waals surface area contributed by atoms with E-state index in [0.29, 0.717) is 22.0 Å². The Hall–Kier alpha value is -0.440. The SMILES string of the molecule is CC(C)CC1CN(c2ccc(Cl)c(Cl)c2)CCCN1. The van der Waals surface area contributed by atoms with Gasteiger partial charge < -0.3 is 10.2 Å². The van der Waals surface area contributed by atoms with Gasteiger partial charge >= 0.3 is 0 Å². The molecule has 1 aliphatic rings. The summed E-state index contributed by atoms with van der Waals surface area (Å²) in [5.74, 6) is 0.714. The van der Waals surface area contributed by atoms with E-state index in [1.165, 1.54) is 12.1 Å². The standard InChI is InChI=1S/C15H22Cl2N2/c1-11(2)8-12-10-19(7-3-6-18-12)13-4-5-14(16)15(17)9-13/h4-5,9,11-12,18H,3,6-8,10H2,1-2H3. The van der Waals surface area contributed by atoms with Gasteiger partial charge in [0.1, 0.15) is 0 Å². The number of rotatable bonds is 3. The van der Waals surface area contributed by atoms with Crippen LogP contribution in [0, 0.1) is 5.92 Å². The van der Waals surface area contributed by atoms with Gasteiger partial charge in [-0.2, -0.15) is 0 Å². The summed E-state index contributed by atoms with van der Waals surface area (Å²) in [7, 11) is 0. The normalized spacial score (nSPS) is 20.7. The third kappa shape index (κ3) is 4.27. The largest absolute Gasteiger partial charge is 0.370 e. The fraction of sp³-hybridized carbons (Fsp3) is 0.600. The van der Waals surface area contributed by atoms with Gasteiger partial charge in [0, 0.05) is 24.8 Å². The summed E-state index contributed by atoms with van der Waals surface area (Å²) >= 11 is 12.1. The first kappa shape index (κ1) is 15.0. The summed E-state index contributed by atoms with van der Waals surface area (Å²) in [6.45, 7) is 7.75. The summed E-state index contributed by atoms with van der Waals surface area (Å²) in [6, 6.07) is 6.47. The molecule has 0 saturated carbocycles. The molecule has 4 heteroatoms. The van der Waals surface area contributed by atoms with Crippen LogP contribution in [0.4, 0.5) is 5.69 Å². The Kier molecular flexibility index (Phi) is 5.37. The lowest BCUT2D eigenvalue weighted by Gasteiger charge is -2.27. The zero-order chi connectivity index (χ0) is 13.8. The zero-order valence-electron chi connectivity index (χ0n) is 11.6. The van der Waals surface area contributed by atoms with E-state index in [0.717, 1.165) is 26.1 Å². The summed E-state index contributed by atoms with van der Waals surface area (Å²) in [5.41, 5.74) is 1.17. The van der Waals surface area contributed by atoms with E-state index in [1.54, 1.807) is 0 Å². The van der Waals surface area contributed by atoms with Crippen LogP contribution >= 0.6 is 23.2 Å². The first-order valence-electron chi connectivity index (χ1n) is 6.99. The van der Waals surface area contributed by atoms with Crippen molar-refractivity contribution in [3.63, 3.8) is 0 Å². The molecule has 0 radical (unpaired) electrons. The molecular formula is C15H22Cl2N2. The molecule has 1 aliphatic heterocycles. The predicted molar refractivity (Wildman–Crippen MR) is 84.5 cm³/mol. The van der Waals surface area contributed by atoms with Gasteiger partial charge in [0.15, 0.2) is 0 Å². The van der Waals surface area contributed by atoms with E-state index >= 15 is 0 Å². The van der Waals surface area contributed by atoms with Crippen molar-refractivity contribution < 1.29 is 0 Å². The second-order valence-corrected chi connectivity index (χ2v) is 6.49. The highest BCUT2D eigenvalue weighted by Gasteiger charge is 2.19. The molecule has 0 amide bonds. The van der Waals surface area contributed by atoms with Gasteiger partial charge in [0.05, 0.1) is 10.0 Å². The molecule has 0 bridgehead atoms. The molecule has 106 valence electrons. The molecule has 1 aromatic carbocycles. The molecule has 1 atom stereocenters. The maximum atomic E-state index is 6.12. The predicted octanol–water partition coefficient (Wildman–Crippen LogP) is 4.21. The van der Waals surface area contributed by atoms with Crippen molar-refractivity contribution in [3.8, 4) is 0 Å². The Balaban J connectivity index is 2.10. The quantitative estimate of drug-likeness (QED) is 0.899. The summed E-state index contributed by atoms with van der Waals surface area (Å²) < 4.78 is 0. The van der Waals surface area contributed by atoms with Crippen LogP contribution in [-0.2, 0) is 0 Å². The van der Waals surface area contributed by atoms with Gasteiger partial charge in [-0.1, -0.05) is 37.0 Å². The van der Waals surface area contributed by atoms with Gasteiger partial charge in [-0.25, -0.2) is 0 Å². The Morgan fingerprint density at radius 2 is 2.11 bits per heavy atom. The molecule has 1 N–H and O–H groups in total. The minimum atomic E-state index is 0.553. The molecule has 1 aromatic rings. The molecule has 0 aliphatic carbocycles. The average Bonchev–Trinajstić information content (AvgIpc) is 2.57. The highest BCUT2D eigenvalue weighted by molar-refractivity contribution is 6.42. The molecule has 1 fully saturated rings. The van der Waals surface area contributed by atoms with E-state index in [1.807, 2.05) is 12.1 Å². The lowest BCUT2D eigenvalue weighted by molar-refractivity contribution is 0.436. The minimum Gasteiger partial charge on any atom is -0.370 e. The number of nitrogens with one attached hydrogen (secondary N) is 1. The third-order valence-corrected chi connectivity index (χ3v) is 4.24. The van der Waals surface area contributed by atoms with Gasteiger partial charge in [-0.15, -0.1) is 0 Å². The smallest absolute Gasteiger partial charge is 0.0612 e. The van der Waals surface area contributed by atoms with Crippen LogP contribution in [0.5, 0.6) is 0 Å². The number of halogens is 2. The van der Waals surface area contributed by atoms with Crippen molar-refractivity contribution in [2.24, 2.45) is 5.92 Å². The van der Waals surface area contributed by atoms with Gasteiger partial charge in [0.25, 0.3) is 0 Å². The number of hydrogen-bond acceptors (Lipinski definition) is 2. The molecule has 1 saturated heterocycles. The van der Waals surface area contributed by atoms with E-state index in [-0.39, 0.29) is 0 Å². The Bertz CT molecular complexity index is 421. The average molecular weight is 301 g/mol. The Labute approximate surface area is 126 Å². The molecule has 2 rings (SSSR count). The number of hydrogen-bond donors (Lipinski definition) is 1. The maximum Gasteiger partial charge on any atom is 0.0612 e. The highest BCUT2D eigenvalue weighted by Crippen LogP contribution is 2.28. The van der Waals surface area contributed by atoms with Crippen molar-refractivity contribution in [2.45, 2.75) is 32.7 Å². The molecular weight excluding hydrogens is 279 g/mol. The monoisotopic (exact) mass is 300 g/mol. The highest BCUT2D eigenvalue weighted by atomic mass is 35.5. The van der Waals surface area contributed by atoms with Crippen LogP contribution in [0.15, 0.2) is 18.2 Å². The number of nitrogens with zero attached hydrogens (tertiary/aromatic N) is 1. The zero-order valence-corrected chi connectivity index (χ0v) is 13.1. The summed E-state index contributed by atoms with van der Waals surface area (Å²) in [6.07, 6.45) is 2.37. The van der Waals surface area contributed by atoms with Crippen molar-refractivity contribution in [2.75, 3.05) is 24.5 Å². The Morgan fingerprint density at radius 1 is 1.32 bits per heavy atom. The van der Waals surface area contributed by atoms with E-state index in [2.05, 4.69) is 30.1 Å². The second kappa shape index (κ2) is 6.83. The van der Waals surface area contributed by atoms with Crippen molar-refractivity contribution in [3.05, 3.63) is 28.2 Å². The molecule has 0 aromatic heterocycles. The van der Waals surface area contributed by atoms with Crippen LogP contribution < -0.4 is 10.2 Å². The second-order valence-electron chi connectivity index (χ2n) is 5.68. The van der Waals surface area contributed by atoms with Crippen LogP contribution in [0.25, 0.3) is 0 Å². The number of anilines is 1. The van der Waals surface area contributed by atoms with Gasteiger partial charge in [-0.05, 0) is 43.5 Å². The fourth-order valence-electron chi connectivity index (χ4n) is 2.64. The molecule has 1 unspecified atom stereocenters. The molecule has 19 heavy (non-hydrogen) atoms. The van der Waals surface area contributed by atoms with Crippen LogP contribution in [0.2, 0.25) is 10.0 Å². The summed E-state index contributed by atoms with van der Waals surface area (Å²) in [4.78, 5) is 2.41. The van der Waals surface area contributed by atoms with Crippen LogP contribution in [0.3, 0.4) is 0 Å². The first-order valence-corrected chi connectivity index (χ1v) is 7.75. The van der Waals surface area contributed by atoms with Crippen LogP contribution in [-0.4, -0.2) is 25.7 Å². The summed E-state index contributed by atoms with van der Waals surface area (Å²) in [5, 5.41) is 4.90. The lowest BCUT2D eigenvalue weighted by Crippen LogP contribution is -2.38. The van der Waals surface area contributed by atoms with E-state index < -0.39 is 0 Å². The molecule has 1 heterocycles. The number of benzene rings is 1. The van der Waals surface area contributed by atoms with Crippen molar-refractivity contribution in [1.82, 2.24) is 5.32 Å². The third-order valence-electron chi connectivity index (χ3n) is 3.50. The van der Waals surface area contributed by atoms with Crippen molar-refractivity contribution in [1.29, 1.82) is 0 Å².